The largest absolute Gasteiger partial charge is 0.351 e. The van der Waals surface area contributed by atoms with Crippen LogP contribution < -0.4 is 5.32 Å². The predicted octanol–water partition coefficient (Wildman–Crippen LogP) is 2.20. The normalized spacial score (nSPS) is 11.1. The Bertz CT molecular complexity index is 707. The standard InChI is InChI=1S/C16H17NO3S/c1-13-7-9-15(10-8-13)21(19,20)12-11-17-16(18)14-5-3-2-4-6-14/h2-10H,11-12H2,1H3,(H,17,18). The van der Waals surface area contributed by atoms with Crippen LogP contribution in [0.1, 0.15) is 15.9 Å². The zero-order chi connectivity index (χ0) is 15.3. The SMILES string of the molecule is Cc1ccc(S(=O)(=O)CCNC(=O)c2ccccc2)cc1. The van der Waals surface area contributed by atoms with E-state index in [0.717, 1.165) is 5.56 Å². The first-order valence-electron chi connectivity index (χ1n) is 6.62. The van der Waals surface area contributed by atoms with Crippen LogP contribution in [0.25, 0.3) is 0 Å². The molecular formula is C16H17NO3S. The molecule has 0 radical (unpaired) electrons. The lowest BCUT2D eigenvalue weighted by Crippen LogP contribution is -2.29. The van der Waals surface area contributed by atoms with Crippen LogP contribution in [0.15, 0.2) is 59.5 Å². The van der Waals surface area contributed by atoms with Crippen LogP contribution in [0.4, 0.5) is 0 Å². The Morgan fingerprint density at radius 3 is 2.24 bits per heavy atom. The fourth-order valence-electron chi connectivity index (χ4n) is 1.85. The minimum absolute atomic E-state index is 0.0872. The average Bonchev–Trinajstić information content (AvgIpc) is 2.48. The number of rotatable bonds is 5. The zero-order valence-electron chi connectivity index (χ0n) is 11.7. The van der Waals surface area contributed by atoms with Gasteiger partial charge in [-0.05, 0) is 31.2 Å². The van der Waals surface area contributed by atoms with E-state index in [1.54, 1.807) is 48.5 Å². The maximum Gasteiger partial charge on any atom is 0.251 e. The van der Waals surface area contributed by atoms with Crippen molar-refractivity contribution in [3.8, 4) is 0 Å². The average molecular weight is 303 g/mol. The van der Waals surface area contributed by atoms with Crippen molar-refractivity contribution in [1.29, 1.82) is 0 Å². The van der Waals surface area contributed by atoms with Crippen molar-refractivity contribution in [2.45, 2.75) is 11.8 Å². The highest BCUT2D eigenvalue weighted by molar-refractivity contribution is 7.91. The first-order chi connectivity index (χ1) is 9.99. The van der Waals surface area contributed by atoms with Crippen LogP contribution in [-0.2, 0) is 9.84 Å². The van der Waals surface area contributed by atoms with Gasteiger partial charge in [-0.15, -0.1) is 0 Å². The van der Waals surface area contributed by atoms with Gasteiger partial charge in [0.05, 0.1) is 10.6 Å². The third-order valence-electron chi connectivity index (χ3n) is 3.07. The summed E-state index contributed by atoms with van der Waals surface area (Å²) >= 11 is 0. The fourth-order valence-corrected chi connectivity index (χ4v) is 3.01. The van der Waals surface area contributed by atoms with Gasteiger partial charge in [0.15, 0.2) is 9.84 Å². The van der Waals surface area contributed by atoms with Crippen LogP contribution in [0, 0.1) is 6.92 Å². The van der Waals surface area contributed by atoms with Crippen molar-refractivity contribution in [2.75, 3.05) is 12.3 Å². The summed E-state index contributed by atoms with van der Waals surface area (Å²) in [6, 6.07) is 15.4. The van der Waals surface area contributed by atoms with Crippen LogP contribution in [0.2, 0.25) is 0 Å². The Balaban J connectivity index is 1.94. The quantitative estimate of drug-likeness (QED) is 0.921. The lowest BCUT2D eigenvalue weighted by atomic mass is 10.2. The molecule has 0 bridgehead atoms. The van der Waals surface area contributed by atoms with E-state index in [1.807, 2.05) is 13.0 Å². The Labute approximate surface area is 124 Å². The summed E-state index contributed by atoms with van der Waals surface area (Å²) in [5.41, 5.74) is 1.52. The molecule has 4 nitrogen and oxygen atoms in total. The molecule has 0 unspecified atom stereocenters. The number of benzene rings is 2. The highest BCUT2D eigenvalue weighted by atomic mass is 32.2. The van der Waals surface area contributed by atoms with Gasteiger partial charge in [0.2, 0.25) is 0 Å². The van der Waals surface area contributed by atoms with E-state index in [4.69, 9.17) is 0 Å². The van der Waals surface area contributed by atoms with E-state index in [0.29, 0.717) is 5.56 Å². The van der Waals surface area contributed by atoms with Gasteiger partial charge in [-0.3, -0.25) is 4.79 Å². The van der Waals surface area contributed by atoms with Gasteiger partial charge >= 0.3 is 0 Å². The van der Waals surface area contributed by atoms with Gasteiger partial charge in [-0.2, -0.15) is 0 Å². The first-order valence-corrected chi connectivity index (χ1v) is 8.27. The van der Waals surface area contributed by atoms with Crippen molar-refractivity contribution in [3.63, 3.8) is 0 Å². The Morgan fingerprint density at radius 1 is 1.00 bits per heavy atom. The number of carbonyl (C=O) groups excluding carboxylic acids is 1. The fraction of sp³-hybridized carbons (Fsp3) is 0.188. The maximum atomic E-state index is 12.1. The molecule has 0 atom stereocenters. The lowest BCUT2D eigenvalue weighted by molar-refractivity contribution is 0.0956. The molecule has 0 saturated heterocycles. The maximum absolute atomic E-state index is 12.1. The molecular weight excluding hydrogens is 286 g/mol. The molecule has 0 aromatic heterocycles. The summed E-state index contributed by atoms with van der Waals surface area (Å²) < 4.78 is 24.2. The molecule has 5 heteroatoms. The number of nitrogens with one attached hydrogen (secondary N) is 1. The smallest absolute Gasteiger partial charge is 0.251 e. The van der Waals surface area contributed by atoms with Crippen molar-refractivity contribution < 1.29 is 13.2 Å². The van der Waals surface area contributed by atoms with Gasteiger partial charge in [-0.1, -0.05) is 35.9 Å². The number of sulfone groups is 1. The van der Waals surface area contributed by atoms with E-state index in [1.165, 1.54) is 0 Å². The topological polar surface area (TPSA) is 63.2 Å². The number of carbonyl (C=O) groups is 1. The Hall–Kier alpha value is -2.14. The van der Waals surface area contributed by atoms with Gasteiger partial charge in [0.25, 0.3) is 5.91 Å². The molecule has 2 aromatic carbocycles. The highest BCUT2D eigenvalue weighted by Crippen LogP contribution is 2.11. The number of amides is 1. The monoisotopic (exact) mass is 303 g/mol. The van der Waals surface area contributed by atoms with Crippen LogP contribution in [0.5, 0.6) is 0 Å². The Kier molecular flexibility index (Phi) is 4.75. The minimum Gasteiger partial charge on any atom is -0.351 e. The van der Waals surface area contributed by atoms with E-state index in [-0.39, 0.29) is 23.1 Å². The third kappa shape index (κ3) is 4.16. The van der Waals surface area contributed by atoms with Crippen molar-refractivity contribution in [3.05, 3.63) is 65.7 Å². The van der Waals surface area contributed by atoms with Crippen LogP contribution in [-0.4, -0.2) is 26.6 Å². The molecule has 0 fully saturated rings. The molecule has 0 aliphatic rings. The second-order valence-corrected chi connectivity index (χ2v) is 6.86. The molecule has 110 valence electrons. The summed E-state index contributed by atoms with van der Waals surface area (Å²) in [4.78, 5) is 12.1. The summed E-state index contributed by atoms with van der Waals surface area (Å²) in [6.07, 6.45) is 0. The summed E-state index contributed by atoms with van der Waals surface area (Å²) in [5, 5.41) is 2.62. The molecule has 1 N–H and O–H groups in total. The van der Waals surface area contributed by atoms with E-state index < -0.39 is 9.84 Å². The summed E-state index contributed by atoms with van der Waals surface area (Å²) in [7, 11) is -3.37. The Morgan fingerprint density at radius 2 is 1.62 bits per heavy atom. The molecule has 2 aromatic rings. The van der Waals surface area contributed by atoms with Gasteiger partial charge < -0.3 is 5.32 Å². The molecule has 0 aliphatic carbocycles. The molecule has 0 saturated carbocycles. The second-order valence-electron chi connectivity index (χ2n) is 4.75. The lowest BCUT2D eigenvalue weighted by Gasteiger charge is -2.07. The molecule has 0 heterocycles. The first kappa shape index (κ1) is 15.3. The van der Waals surface area contributed by atoms with E-state index in [9.17, 15) is 13.2 Å². The predicted molar refractivity (Wildman–Crippen MR) is 82.0 cm³/mol. The highest BCUT2D eigenvalue weighted by Gasteiger charge is 2.14. The van der Waals surface area contributed by atoms with E-state index in [2.05, 4.69) is 5.32 Å². The minimum atomic E-state index is -3.37. The van der Waals surface area contributed by atoms with Crippen LogP contribution >= 0.6 is 0 Å². The molecule has 1 amide bonds. The van der Waals surface area contributed by atoms with Gasteiger partial charge in [-0.25, -0.2) is 8.42 Å². The molecule has 0 spiro atoms. The van der Waals surface area contributed by atoms with Gasteiger partial charge in [0, 0.05) is 12.1 Å². The number of hydrogen-bond acceptors (Lipinski definition) is 3. The third-order valence-corrected chi connectivity index (χ3v) is 4.80. The van der Waals surface area contributed by atoms with Gasteiger partial charge in [0.1, 0.15) is 0 Å². The summed E-state index contributed by atoms with van der Waals surface area (Å²) in [6.45, 7) is 1.99. The van der Waals surface area contributed by atoms with Crippen molar-refractivity contribution in [1.82, 2.24) is 5.32 Å². The zero-order valence-corrected chi connectivity index (χ0v) is 12.6. The second kappa shape index (κ2) is 6.54. The van der Waals surface area contributed by atoms with E-state index >= 15 is 0 Å². The molecule has 2 rings (SSSR count). The molecule has 21 heavy (non-hydrogen) atoms. The number of hydrogen-bond donors (Lipinski definition) is 1. The number of aryl methyl sites for hydroxylation is 1. The van der Waals surface area contributed by atoms with Crippen molar-refractivity contribution >= 4 is 15.7 Å². The summed E-state index contributed by atoms with van der Waals surface area (Å²) in [5.74, 6) is -0.385. The van der Waals surface area contributed by atoms with Crippen LogP contribution in [0.3, 0.4) is 0 Å². The molecule has 0 aliphatic heterocycles. The van der Waals surface area contributed by atoms with Crippen molar-refractivity contribution in [2.24, 2.45) is 0 Å².